The number of fused-ring (bicyclic) bond motifs is 3. The summed E-state index contributed by atoms with van der Waals surface area (Å²) >= 11 is 0. The molecular formula is C23H24N4O2. The van der Waals surface area contributed by atoms with Crippen molar-refractivity contribution in [2.75, 3.05) is 20.2 Å². The van der Waals surface area contributed by atoms with Gasteiger partial charge in [0.15, 0.2) is 0 Å². The Kier molecular flexibility index (Phi) is 4.56. The summed E-state index contributed by atoms with van der Waals surface area (Å²) in [4.78, 5) is 22.2. The maximum Gasteiger partial charge on any atom is 0.271 e. The predicted octanol–water partition coefficient (Wildman–Crippen LogP) is 2.97. The zero-order valence-corrected chi connectivity index (χ0v) is 16.4. The van der Waals surface area contributed by atoms with Crippen LogP contribution < -0.4 is 4.74 Å². The first kappa shape index (κ1) is 17.9. The highest BCUT2D eigenvalue weighted by Crippen LogP contribution is 2.35. The van der Waals surface area contributed by atoms with Crippen molar-refractivity contribution < 1.29 is 9.53 Å². The summed E-state index contributed by atoms with van der Waals surface area (Å²) < 4.78 is 7.42. The summed E-state index contributed by atoms with van der Waals surface area (Å²) in [6.07, 6.45) is 3.88. The van der Waals surface area contributed by atoms with E-state index in [1.54, 1.807) is 7.11 Å². The summed E-state index contributed by atoms with van der Waals surface area (Å²) in [6.45, 7) is 3.16. The van der Waals surface area contributed by atoms with Crippen LogP contribution in [0.1, 0.15) is 27.8 Å². The molecule has 0 bridgehead atoms. The monoisotopic (exact) mass is 388 g/mol. The molecule has 5 rings (SSSR count). The van der Waals surface area contributed by atoms with Crippen LogP contribution in [0, 0.1) is 0 Å². The quantitative estimate of drug-likeness (QED) is 0.674. The van der Waals surface area contributed by atoms with E-state index in [1.165, 1.54) is 0 Å². The van der Waals surface area contributed by atoms with E-state index in [-0.39, 0.29) is 18.0 Å². The fraction of sp³-hybridized carbons (Fsp3) is 0.304. The number of methoxy groups -OCH3 is 1. The van der Waals surface area contributed by atoms with Gasteiger partial charge in [0, 0.05) is 38.6 Å². The molecule has 1 saturated heterocycles. The molecule has 2 aromatic heterocycles. The van der Waals surface area contributed by atoms with Gasteiger partial charge in [0.25, 0.3) is 5.91 Å². The minimum Gasteiger partial charge on any atom is -0.497 e. The van der Waals surface area contributed by atoms with Gasteiger partial charge < -0.3 is 14.2 Å². The SMILES string of the molecule is COc1ccc(CN2C(=O)c3cccn3[C@H]3CN(Cc4ccccn4)C[C@H]32)cc1. The summed E-state index contributed by atoms with van der Waals surface area (Å²) in [6, 6.07) is 18.3. The Morgan fingerprint density at radius 3 is 2.59 bits per heavy atom. The standard InChI is InChI=1S/C23H24N4O2/c1-29-19-9-7-17(8-10-19)13-27-22-16-25(14-18-5-2-3-11-24-18)15-21(22)26-12-4-6-20(26)23(27)28/h2-12,21-22H,13-16H2,1H3/t21-,22+/m0/s1. The van der Waals surface area contributed by atoms with Gasteiger partial charge in [-0.1, -0.05) is 18.2 Å². The van der Waals surface area contributed by atoms with Crippen molar-refractivity contribution in [3.05, 3.63) is 83.9 Å². The molecular weight excluding hydrogens is 364 g/mol. The first-order valence-electron chi connectivity index (χ1n) is 9.96. The Morgan fingerprint density at radius 2 is 1.83 bits per heavy atom. The van der Waals surface area contributed by atoms with Crippen molar-refractivity contribution >= 4 is 5.91 Å². The zero-order chi connectivity index (χ0) is 19.8. The maximum atomic E-state index is 13.3. The first-order chi connectivity index (χ1) is 14.2. The Balaban J connectivity index is 1.41. The van der Waals surface area contributed by atoms with E-state index in [4.69, 9.17) is 4.74 Å². The highest BCUT2D eigenvalue weighted by atomic mass is 16.5. The van der Waals surface area contributed by atoms with Crippen LogP contribution in [0.15, 0.2) is 67.0 Å². The third-order valence-corrected chi connectivity index (χ3v) is 5.97. The molecule has 0 aliphatic carbocycles. The van der Waals surface area contributed by atoms with Crippen molar-refractivity contribution in [3.63, 3.8) is 0 Å². The number of hydrogen-bond donors (Lipinski definition) is 0. The average Bonchev–Trinajstić information content (AvgIpc) is 3.39. The molecule has 6 nitrogen and oxygen atoms in total. The summed E-state index contributed by atoms with van der Waals surface area (Å²) in [5, 5.41) is 0. The van der Waals surface area contributed by atoms with Crippen molar-refractivity contribution in [1.82, 2.24) is 19.4 Å². The Labute approximate surface area is 170 Å². The van der Waals surface area contributed by atoms with Gasteiger partial charge >= 0.3 is 0 Å². The third-order valence-electron chi connectivity index (χ3n) is 5.97. The molecule has 0 radical (unpaired) electrons. The lowest BCUT2D eigenvalue weighted by Gasteiger charge is -2.38. The molecule has 148 valence electrons. The van der Waals surface area contributed by atoms with Gasteiger partial charge in [0.2, 0.25) is 0 Å². The molecule has 2 aliphatic rings. The minimum absolute atomic E-state index is 0.103. The smallest absolute Gasteiger partial charge is 0.271 e. The van der Waals surface area contributed by atoms with Crippen LogP contribution in [-0.4, -0.2) is 51.5 Å². The van der Waals surface area contributed by atoms with E-state index in [0.717, 1.165) is 42.3 Å². The number of likely N-dealkylation sites (tertiary alicyclic amines) is 1. The van der Waals surface area contributed by atoms with Crippen molar-refractivity contribution in [2.45, 2.75) is 25.2 Å². The fourth-order valence-electron chi connectivity index (χ4n) is 4.56. The molecule has 29 heavy (non-hydrogen) atoms. The number of benzene rings is 1. The molecule has 3 aromatic rings. The molecule has 0 spiro atoms. The second kappa shape index (κ2) is 7.37. The molecule has 2 atom stereocenters. The van der Waals surface area contributed by atoms with Crippen LogP contribution in [0.5, 0.6) is 5.75 Å². The van der Waals surface area contributed by atoms with E-state index in [0.29, 0.717) is 6.54 Å². The molecule has 0 unspecified atom stereocenters. The Bertz CT molecular complexity index is 999. The van der Waals surface area contributed by atoms with E-state index in [9.17, 15) is 4.79 Å². The topological polar surface area (TPSA) is 50.6 Å². The Hall–Kier alpha value is -3.12. The number of nitrogens with zero attached hydrogens (tertiary/aromatic N) is 4. The number of carbonyl (C=O) groups is 1. The number of carbonyl (C=O) groups excluding carboxylic acids is 1. The zero-order valence-electron chi connectivity index (χ0n) is 16.4. The van der Waals surface area contributed by atoms with Crippen molar-refractivity contribution in [3.8, 4) is 5.75 Å². The van der Waals surface area contributed by atoms with E-state index >= 15 is 0 Å². The largest absolute Gasteiger partial charge is 0.497 e. The van der Waals surface area contributed by atoms with Crippen LogP contribution in [0.3, 0.4) is 0 Å². The second-order valence-electron chi connectivity index (χ2n) is 7.73. The second-order valence-corrected chi connectivity index (χ2v) is 7.73. The summed E-state index contributed by atoms with van der Waals surface area (Å²) in [5.74, 6) is 0.930. The lowest BCUT2D eigenvalue weighted by molar-refractivity contribution is 0.0556. The molecule has 1 amide bonds. The fourth-order valence-corrected chi connectivity index (χ4v) is 4.56. The molecule has 4 heterocycles. The van der Waals surface area contributed by atoms with Crippen LogP contribution in [0.4, 0.5) is 0 Å². The highest BCUT2D eigenvalue weighted by molar-refractivity contribution is 5.94. The first-order valence-corrected chi connectivity index (χ1v) is 9.96. The number of amides is 1. The normalized spacial score (nSPS) is 21.1. The number of pyridine rings is 1. The number of hydrogen-bond acceptors (Lipinski definition) is 4. The lowest BCUT2D eigenvalue weighted by atomic mass is 10.0. The van der Waals surface area contributed by atoms with Gasteiger partial charge in [-0.2, -0.15) is 0 Å². The van der Waals surface area contributed by atoms with Gasteiger partial charge in [0.05, 0.1) is 24.9 Å². The molecule has 2 aliphatic heterocycles. The van der Waals surface area contributed by atoms with E-state index in [1.807, 2.05) is 65.8 Å². The van der Waals surface area contributed by atoms with Crippen LogP contribution in [0.2, 0.25) is 0 Å². The third kappa shape index (κ3) is 3.29. The van der Waals surface area contributed by atoms with Gasteiger partial charge in [0.1, 0.15) is 11.4 Å². The molecule has 0 saturated carbocycles. The van der Waals surface area contributed by atoms with E-state index in [2.05, 4.69) is 20.5 Å². The lowest BCUT2D eigenvalue weighted by Crippen LogP contribution is -2.49. The van der Waals surface area contributed by atoms with Crippen molar-refractivity contribution in [1.29, 1.82) is 0 Å². The Morgan fingerprint density at radius 1 is 1.00 bits per heavy atom. The summed E-state index contributed by atoms with van der Waals surface area (Å²) in [7, 11) is 1.66. The van der Waals surface area contributed by atoms with Crippen LogP contribution in [-0.2, 0) is 13.1 Å². The average molecular weight is 388 g/mol. The molecule has 0 N–H and O–H groups in total. The molecule has 1 aromatic carbocycles. The van der Waals surface area contributed by atoms with Gasteiger partial charge in [-0.15, -0.1) is 0 Å². The van der Waals surface area contributed by atoms with Crippen LogP contribution >= 0.6 is 0 Å². The van der Waals surface area contributed by atoms with Crippen LogP contribution in [0.25, 0.3) is 0 Å². The minimum atomic E-state index is 0.103. The van der Waals surface area contributed by atoms with Gasteiger partial charge in [-0.3, -0.25) is 14.7 Å². The van der Waals surface area contributed by atoms with Crippen molar-refractivity contribution in [2.24, 2.45) is 0 Å². The van der Waals surface area contributed by atoms with Gasteiger partial charge in [-0.05, 0) is 42.0 Å². The number of ether oxygens (including phenoxy) is 1. The predicted molar refractivity (Wildman–Crippen MR) is 110 cm³/mol. The molecule has 1 fully saturated rings. The maximum absolute atomic E-state index is 13.3. The summed E-state index contributed by atoms with van der Waals surface area (Å²) in [5.41, 5.74) is 2.95. The molecule has 6 heteroatoms. The number of aromatic nitrogens is 2. The van der Waals surface area contributed by atoms with Gasteiger partial charge in [-0.25, -0.2) is 0 Å². The van der Waals surface area contributed by atoms with E-state index < -0.39 is 0 Å². The number of rotatable bonds is 5. The highest BCUT2D eigenvalue weighted by Gasteiger charge is 2.44.